The van der Waals surface area contributed by atoms with E-state index in [1.807, 2.05) is 7.05 Å². The second-order valence-corrected chi connectivity index (χ2v) is 7.22. The Bertz CT molecular complexity index is 351. The van der Waals surface area contributed by atoms with Gasteiger partial charge in [0.05, 0.1) is 6.04 Å². The molecule has 1 saturated carbocycles. The molecule has 2 saturated heterocycles. The zero-order valence-corrected chi connectivity index (χ0v) is 13.7. The number of hydrogen-bond acceptors (Lipinski definition) is 3. The highest BCUT2D eigenvalue weighted by Crippen LogP contribution is 2.34. The number of carbonyl (C=O) groups is 1. The predicted octanol–water partition coefficient (Wildman–Crippen LogP) is 1.85. The average molecular weight is 293 g/mol. The Morgan fingerprint density at radius 2 is 1.90 bits per heavy atom. The first-order valence-electron chi connectivity index (χ1n) is 8.94. The van der Waals surface area contributed by atoms with Crippen molar-refractivity contribution in [3.63, 3.8) is 0 Å². The van der Waals surface area contributed by atoms with Crippen LogP contribution in [0.2, 0.25) is 0 Å². The third kappa shape index (κ3) is 3.26. The number of hydrogen-bond donors (Lipinski definition) is 1. The fraction of sp³-hybridized carbons (Fsp3) is 0.941. The number of nitrogens with one attached hydrogen (secondary N) is 1. The molecule has 3 fully saturated rings. The molecule has 3 rings (SSSR count). The highest BCUT2D eigenvalue weighted by atomic mass is 16.2. The monoisotopic (exact) mass is 293 g/mol. The van der Waals surface area contributed by atoms with Crippen LogP contribution < -0.4 is 5.32 Å². The predicted molar refractivity (Wildman–Crippen MR) is 85.2 cm³/mol. The maximum atomic E-state index is 12.8. The smallest absolute Gasteiger partial charge is 0.239 e. The first-order valence-corrected chi connectivity index (χ1v) is 8.94. The zero-order chi connectivity index (χ0) is 14.8. The molecule has 1 amide bonds. The zero-order valence-electron chi connectivity index (χ0n) is 13.7. The summed E-state index contributed by atoms with van der Waals surface area (Å²) in [6.45, 7) is 5.64. The molecule has 0 aromatic carbocycles. The van der Waals surface area contributed by atoms with Crippen molar-refractivity contribution in [2.45, 2.75) is 70.0 Å². The molecule has 2 heterocycles. The second kappa shape index (κ2) is 6.66. The third-order valence-electron chi connectivity index (χ3n) is 6.06. The van der Waals surface area contributed by atoms with Gasteiger partial charge in [-0.25, -0.2) is 0 Å². The fourth-order valence-electron chi connectivity index (χ4n) is 4.56. The Morgan fingerprint density at radius 3 is 2.57 bits per heavy atom. The molecule has 0 bridgehead atoms. The van der Waals surface area contributed by atoms with Gasteiger partial charge in [0, 0.05) is 32.2 Å². The van der Waals surface area contributed by atoms with E-state index in [9.17, 15) is 4.79 Å². The number of likely N-dealkylation sites (tertiary alicyclic amines) is 1. The number of carbonyl (C=O) groups excluding carboxylic acids is 1. The molecule has 0 spiro atoms. The Kier molecular flexibility index (Phi) is 4.85. The van der Waals surface area contributed by atoms with Gasteiger partial charge in [0.2, 0.25) is 5.91 Å². The molecule has 0 aromatic rings. The van der Waals surface area contributed by atoms with E-state index >= 15 is 0 Å². The van der Waals surface area contributed by atoms with Gasteiger partial charge in [-0.1, -0.05) is 19.8 Å². The van der Waals surface area contributed by atoms with E-state index in [1.54, 1.807) is 0 Å². The maximum absolute atomic E-state index is 12.8. The van der Waals surface area contributed by atoms with Gasteiger partial charge in [0.15, 0.2) is 0 Å². The van der Waals surface area contributed by atoms with Gasteiger partial charge in [-0.15, -0.1) is 0 Å². The van der Waals surface area contributed by atoms with Crippen molar-refractivity contribution >= 4 is 5.91 Å². The molecule has 21 heavy (non-hydrogen) atoms. The summed E-state index contributed by atoms with van der Waals surface area (Å²) in [7, 11) is 2.03. The summed E-state index contributed by atoms with van der Waals surface area (Å²) >= 11 is 0. The van der Waals surface area contributed by atoms with Gasteiger partial charge in [-0.2, -0.15) is 0 Å². The molecule has 2 aliphatic heterocycles. The molecule has 3 atom stereocenters. The van der Waals surface area contributed by atoms with E-state index < -0.39 is 0 Å². The van der Waals surface area contributed by atoms with Gasteiger partial charge in [0.25, 0.3) is 0 Å². The summed E-state index contributed by atoms with van der Waals surface area (Å²) in [6.07, 6.45) is 8.62. The molecule has 4 heteroatoms. The van der Waals surface area contributed by atoms with E-state index in [2.05, 4.69) is 22.0 Å². The van der Waals surface area contributed by atoms with E-state index in [0.717, 1.165) is 44.8 Å². The van der Waals surface area contributed by atoms with Gasteiger partial charge < -0.3 is 15.1 Å². The van der Waals surface area contributed by atoms with E-state index in [1.165, 1.54) is 25.7 Å². The summed E-state index contributed by atoms with van der Waals surface area (Å²) in [5.74, 6) is 1.10. The van der Waals surface area contributed by atoms with Gasteiger partial charge in [0.1, 0.15) is 0 Å². The van der Waals surface area contributed by atoms with Crippen LogP contribution in [0.3, 0.4) is 0 Å². The van der Waals surface area contributed by atoms with Crippen molar-refractivity contribution in [1.82, 2.24) is 15.1 Å². The van der Waals surface area contributed by atoms with Gasteiger partial charge in [-0.3, -0.25) is 4.79 Å². The lowest BCUT2D eigenvalue weighted by Crippen LogP contribution is -2.51. The van der Waals surface area contributed by atoms with E-state index in [0.29, 0.717) is 18.0 Å². The molecule has 0 radical (unpaired) electrons. The summed E-state index contributed by atoms with van der Waals surface area (Å²) in [5.41, 5.74) is 0. The molecule has 0 unspecified atom stereocenters. The lowest BCUT2D eigenvalue weighted by Gasteiger charge is -2.37. The van der Waals surface area contributed by atoms with Crippen molar-refractivity contribution in [3.8, 4) is 0 Å². The molecule has 1 aliphatic carbocycles. The van der Waals surface area contributed by atoms with Crippen molar-refractivity contribution in [1.29, 1.82) is 0 Å². The lowest BCUT2D eigenvalue weighted by molar-refractivity contribution is -0.134. The Balaban J connectivity index is 1.53. The normalized spacial score (nSPS) is 34.7. The SMILES string of the molecule is CCN1CCC(N(C)C(=O)[C@@H]2C[C@@H]3CCCC[C@@H]3N2)CC1. The number of nitrogens with zero attached hydrogens (tertiary/aromatic N) is 2. The van der Waals surface area contributed by atoms with Crippen molar-refractivity contribution in [3.05, 3.63) is 0 Å². The standard InChI is InChI=1S/C17H31N3O/c1-3-20-10-8-14(9-11-20)19(2)17(21)16-12-13-6-4-5-7-15(13)18-16/h13-16,18H,3-12H2,1-2H3/t13-,15-,16-/m0/s1. The Hall–Kier alpha value is -0.610. The molecule has 0 aromatic heterocycles. The van der Waals surface area contributed by atoms with E-state index in [-0.39, 0.29) is 6.04 Å². The average Bonchev–Trinajstić information content (AvgIpc) is 2.97. The number of piperidine rings is 1. The topological polar surface area (TPSA) is 35.6 Å². The van der Waals surface area contributed by atoms with Crippen LogP contribution in [0.1, 0.15) is 51.9 Å². The molecule has 3 aliphatic rings. The number of fused-ring (bicyclic) bond motifs is 1. The molecular formula is C17H31N3O. The van der Waals surface area contributed by atoms with Crippen molar-refractivity contribution in [2.24, 2.45) is 5.92 Å². The largest absolute Gasteiger partial charge is 0.341 e. The van der Waals surface area contributed by atoms with Crippen LogP contribution in [0.25, 0.3) is 0 Å². The quantitative estimate of drug-likeness (QED) is 0.862. The van der Waals surface area contributed by atoms with Crippen LogP contribution in [0.15, 0.2) is 0 Å². The van der Waals surface area contributed by atoms with Crippen LogP contribution in [-0.2, 0) is 4.79 Å². The lowest BCUT2D eigenvalue weighted by atomic mass is 9.85. The number of rotatable bonds is 3. The molecule has 1 N–H and O–H groups in total. The van der Waals surface area contributed by atoms with Crippen LogP contribution in [-0.4, -0.2) is 60.5 Å². The summed E-state index contributed by atoms with van der Waals surface area (Å²) in [4.78, 5) is 17.3. The highest BCUT2D eigenvalue weighted by molar-refractivity contribution is 5.82. The van der Waals surface area contributed by atoms with E-state index in [4.69, 9.17) is 0 Å². The van der Waals surface area contributed by atoms with Gasteiger partial charge >= 0.3 is 0 Å². The summed E-state index contributed by atoms with van der Waals surface area (Å²) in [5, 5.41) is 3.63. The summed E-state index contributed by atoms with van der Waals surface area (Å²) in [6, 6.07) is 1.15. The highest BCUT2D eigenvalue weighted by Gasteiger charge is 2.40. The first-order chi connectivity index (χ1) is 10.2. The maximum Gasteiger partial charge on any atom is 0.239 e. The molecule has 4 nitrogen and oxygen atoms in total. The van der Waals surface area contributed by atoms with Crippen LogP contribution in [0.4, 0.5) is 0 Å². The van der Waals surface area contributed by atoms with Crippen molar-refractivity contribution in [2.75, 3.05) is 26.7 Å². The number of likely N-dealkylation sites (N-methyl/N-ethyl adjacent to an activating group) is 1. The third-order valence-corrected chi connectivity index (χ3v) is 6.06. The van der Waals surface area contributed by atoms with Gasteiger partial charge in [-0.05, 0) is 44.6 Å². The van der Waals surface area contributed by atoms with Crippen LogP contribution >= 0.6 is 0 Å². The number of amides is 1. The minimum atomic E-state index is 0.0901. The second-order valence-electron chi connectivity index (χ2n) is 7.22. The summed E-state index contributed by atoms with van der Waals surface area (Å²) < 4.78 is 0. The first kappa shape index (κ1) is 15.3. The molecule has 120 valence electrons. The Labute approximate surface area is 129 Å². The minimum absolute atomic E-state index is 0.0901. The minimum Gasteiger partial charge on any atom is -0.341 e. The van der Waals surface area contributed by atoms with Crippen LogP contribution in [0, 0.1) is 5.92 Å². The fourth-order valence-corrected chi connectivity index (χ4v) is 4.56. The molecular weight excluding hydrogens is 262 g/mol. The Morgan fingerprint density at radius 1 is 1.19 bits per heavy atom. The van der Waals surface area contributed by atoms with Crippen LogP contribution in [0.5, 0.6) is 0 Å². The van der Waals surface area contributed by atoms with Crippen molar-refractivity contribution < 1.29 is 4.79 Å².